The maximum absolute atomic E-state index is 12.2. The second-order valence-corrected chi connectivity index (χ2v) is 6.29. The number of benzene rings is 1. The van der Waals surface area contributed by atoms with Crippen LogP contribution in [0.3, 0.4) is 0 Å². The standard InChI is InChI=1S/C16H21ClF3N3.HI/c1-21-14(22-10-9-16(18,19)20)23-11-15(7-2-8-15)12-3-5-13(17)6-4-12;/h3-6H,2,7-11H2,1H3,(H2,21,22,23);1H. The highest BCUT2D eigenvalue weighted by molar-refractivity contribution is 14.0. The van der Waals surface area contributed by atoms with Gasteiger partial charge in [-0.2, -0.15) is 13.2 Å². The van der Waals surface area contributed by atoms with Gasteiger partial charge in [0.05, 0.1) is 6.42 Å². The van der Waals surface area contributed by atoms with E-state index in [1.165, 1.54) is 5.56 Å². The molecule has 0 amide bonds. The van der Waals surface area contributed by atoms with E-state index in [1.54, 1.807) is 7.05 Å². The number of hydrogen-bond donors (Lipinski definition) is 2. The number of nitrogens with zero attached hydrogens (tertiary/aromatic N) is 1. The molecule has 2 N–H and O–H groups in total. The summed E-state index contributed by atoms with van der Waals surface area (Å²) in [6.07, 6.45) is -1.81. The molecule has 0 heterocycles. The maximum Gasteiger partial charge on any atom is 0.390 e. The molecule has 1 aliphatic rings. The van der Waals surface area contributed by atoms with Gasteiger partial charge in [0.25, 0.3) is 0 Å². The minimum absolute atomic E-state index is 0. The van der Waals surface area contributed by atoms with Gasteiger partial charge in [-0.1, -0.05) is 30.2 Å². The van der Waals surface area contributed by atoms with Crippen molar-refractivity contribution >= 4 is 41.5 Å². The number of alkyl halides is 3. The molecule has 1 aliphatic carbocycles. The van der Waals surface area contributed by atoms with Crippen molar-refractivity contribution in [2.45, 2.75) is 37.3 Å². The third-order valence-corrected chi connectivity index (χ3v) is 4.54. The zero-order chi connectivity index (χ0) is 16.9. The topological polar surface area (TPSA) is 36.4 Å². The first kappa shape index (κ1) is 21.3. The Morgan fingerprint density at radius 1 is 1.21 bits per heavy atom. The third-order valence-electron chi connectivity index (χ3n) is 4.29. The summed E-state index contributed by atoms with van der Waals surface area (Å²) in [6, 6.07) is 7.77. The van der Waals surface area contributed by atoms with E-state index in [4.69, 9.17) is 11.6 Å². The Bertz CT molecular complexity index is 542. The van der Waals surface area contributed by atoms with Crippen molar-refractivity contribution in [3.63, 3.8) is 0 Å². The number of hydrogen-bond acceptors (Lipinski definition) is 1. The summed E-state index contributed by atoms with van der Waals surface area (Å²) in [5.74, 6) is 0.398. The van der Waals surface area contributed by atoms with Gasteiger partial charge in [0, 0.05) is 30.6 Å². The zero-order valence-electron chi connectivity index (χ0n) is 13.4. The Balaban J connectivity index is 0.00000288. The molecular weight excluding hydrogens is 454 g/mol. The van der Waals surface area contributed by atoms with Crippen molar-refractivity contribution in [2.24, 2.45) is 4.99 Å². The Morgan fingerprint density at radius 3 is 2.29 bits per heavy atom. The van der Waals surface area contributed by atoms with Crippen LogP contribution in [-0.2, 0) is 5.41 Å². The average molecular weight is 476 g/mol. The molecule has 2 rings (SSSR count). The molecule has 136 valence electrons. The highest BCUT2D eigenvalue weighted by Crippen LogP contribution is 2.43. The summed E-state index contributed by atoms with van der Waals surface area (Å²) in [4.78, 5) is 3.98. The van der Waals surface area contributed by atoms with Gasteiger partial charge in [0.2, 0.25) is 0 Å². The SMILES string of the molecule is CN=C(NCCC(F)(F)F)NCC1(c2ccc(Cl)cc2)CCC1.I. The molecule has 0 spiro atoms. The molecule has 0 unspecified atom stereocenters. The van der Waals surface area contributed by atoms with Crippen molar-refractivity contribution in [3.8, 4) is 0 Å². The normalized spacial score (nSPS) is 16.8. The first-order valence-electron chi connectivity index (χ1n) is 7.62. The summed E-state index contributed by atoms with van der Waals surface area (Å²) >= 11 is 5.93. The number of nitrogens with one attached hydrogen (secondary N) is 2. The van der Waals surface area contributed by atoms with Gasteiger partial charge in [-0.15, -0.1) is 24.0 Å². The van der Waals surface area contributed by atoms with Crippen LogP contribution in [0, 0.1) is 0 Å². The Morgan fingerprint density at radius 2 is 1.83 bits per heavy atom. The summed E-state index contributed by atoms with van der Waals surface area (Å²) in [5, 5.41) is 6.55. The third kappa shape index (κ3) is 5.98. The van der Waals surface area contributed by atoms with Crippen LogP contribution in [0.15, 0.2) is 29.3 Å². The second-order valence-electron chi connectivity index (χ2n) is 5.86. The van der Waals surface area contributed by atoms with Gasteiger partial charge in [0.1, 0.15) is 0 Å². The fourth-order valence-corrected chi connectivity index (χ4v) is 2.90. The first-order chi connectivity index (χ1) is 10.8. The molecule has 1 saturated carbocycles. The molecular formula is C16H22ClF3IN3. The van der Waals surface area contributed by atoms with Crippen LogP contribution in [0.1, 0.15) is 31.2 Å². The average Bonchev–Trinajstić information content (AvgIpc) is 2.44. The lowest BCUT2D eigenvalue weighted by Crippen LogP contribution is -2.49. The Hall–Kier alpha value is -0.700. The highest BCUT2D eigenvalue weighted by Gasteiger charge is 2.38. The molecule has 0 saturated heterocycles. The van der Waals surface area contributed by atoms with Gasteiger partial charge >= 0.3 is 6.18 Å². The smallest absolute Gasteiger partial charge is 0.356 e. The van der Waals surface area contributed by atoms with Crippen LogP contribution < -0.4 is 10.6 Å². The molecule has 1 fully saturated rings. The van der Waals surface area contributed by atoms with E-state index in [0.717, 1.165) is 19.3 Å². The van der Waals surface area contributed by atoms with Gasteiger partial charge in [-0.3, -0.25) is 4.99 Å². The largest absolute Gasteiger partial charge is 0.390 e. The first-order valence-corrected chi connectivity index (χ1v) is 8.00. The zero-order valence-corrected chi connectivity index (χ0v) is 16.5. The van der Waals surface area contributed by atoms with E-state index < -0.39 is 12.6 Å². The number of halogens is 5. The van der Waals surface area contributed by atoms with Crippen LogP contribution in [0.25, 0.3) is 0 Å². The predicted octanol–water partition coefficient (Wildman–Crippen LogP) is 4.50. The molecule has 0 atom stereocenters. The van der Waals surface area contributed by atoms with Gasteiger partial charge in [-0.05, 0) is 30.5 Å². The lowest BCUT2D eigenvalue weighted by atomic mass is 9.64. The van der Waals surface area contributed by atoms with Crippen LogP contribution in [0.5, 0.6) is 0 Å². The summed E-state index contributed by atoms with van der Waals surface area (Å²) in [6.45, 7) is 0.456. The van der Waals surface area contributed by atoms with Gasteiger partial charge < -0.3 is 10.6 Å². The predicted molar refractivity (Wildman–Crippen MR) is 102 cm³/mol. The van der Waals surface area contributed by atoms with Crippen LogP contribution in [0.2, 0.25) is 5.02 Å². The van der Waals surface area contributed by atoms with E-state index in [1.807, 2.05) is 24.3 Å². The van der Waals surface area contributed by atoms with Crippen molar-refractivity contribution in [1.29, 1.82) is 0 Å². The molecule has 1 aromatic carbocycles. The Kier molecular flexibility index (Phi) is 8.11. The summed E-state index contributed by atoms with van der Waals surface area (Å²) < 4.78 is 36.6. The van der Waals surface area contributed by atoms with E-state index >= 15 is 0 Å². The van der Waals surface area contributed by atoms with Gasteiger partial charge in [0.15, 0.2) is 5.96 Å². The fourth-order valence-electron chi connectivity index (χ4n) is 2.77. The fraction of sp³-hybridized carbons (Fsp3) is 0.562. The molecule has 8 heteroatoms. The lowest BCUT2D eigenvalue weighted by molar-refractivity contribution is -0.132. The summed E-state index contributed by atoms with van der Waals surface area (Å²) in [7, 11) is 1.55. The van der Waals surface area contributed by atoms with Gasteiger partial charge in [-0.25, -0.2) is 0 Å². The van der Waals surface area contributed by atoms with Crippen molar-refractivity contribution in [1.82, 2.24) is 10.6 Å². The minimum Gasteiger partial charge on any atom is -0.356 e. The number of rotatable bonds is 5. The molecule has 1 aromatic rings. The Labute approximate surface area is 162 Å². The van der Waals surface area contributed by atoms with Crippen LogP contribution >= 0.6 is 35.6 Å². The number of guanidine groups is 1. The monoisotopic (exact) mass is 475 g/mol. The van der Waals surface area contributed by atoms with Crippen molar-refractivity contribution < 1.29 is 13.2 Å². The van der Waals surface area contributed by atoms with Crippen molar-refractivity contribution in [3.05, 3.63) is 34.9 Å². The summed E-state index contributed by atoms with van der Waals surface area (Å²) in [5.41, 5.74) is 1.21. The maximum atomic E-state index is 12.2. The molecule has 0 aromatic heterocycles. The lowest BCUT2D eigenvalue weighted by Gasteiger charge is -2.43. The van der Waals surface area contributed by atoms with E-state index in [0.29, 0.717) is 17.5 Å². The second kappa shape index (κ2) is 9.12. The van der Waals surface area contributed by atoms with Crippen molar-refractivity contribution in [2.75, 3.05) is 20.1 Å². The molecule has 0 aliphatic heterocycles. The molecule has 24 heavy (non-hydrogen) atoms. The van der Waals surface area contributed by atoms with E-state index in [-0.39, 0.29) is 35.9 Å². The van der Waals surface area contributed by atoms with E-state index in [9.17, 15) is 13.2 Å². The molecule has 3 nitrogen and oxygen atoms in total. The quantitative estimate of drug-likeness (QED) is 0.374. The minimum atomic E-state index is -4.16. The van der Waals surface area contributed by atoms with Crippen LogP contribution in [0.4, 0.5) is 13.2 Å². The van der Waals surface area contributed by atoms with E-state index in [2.05, 4.69) is 15.6 Å². The highest BCUT2D eigenvalue weighted by atomic mass is 127. The number of aliphatic imine (C=N–C) groups is 1. The molecule has 0 bridgehead atoms. The van der Waals surface area contributed by atoms with Crippen LogP contribution in [-0.4, -0.2) is 32.3 Å². The molecule has 0 radical (unpaired) electrons.